The second kappa shape index (κ2) is 4.96. The first-order valence-electron chi connectivity index (χ1n) is 6.54. The van der Waals surface area contributed by atoms with Gasteiger partial charge in [0.15, 0.2) is 0 Å². The summed E-state index contributed by atoms with van der Waals surface area (Å²) in [6.07, 6.45) is 2.80. The van der Waals surface area contributed by atoms with Crippen molar-refractivity contribution in [1.29, 1.82) is 0 Å². The molecular formula is C15H19N2O2+. The maximum absolute atomic E-state index is 11.9. The number of hydrogen-bond donors (Lipinski definition) is 0. The fourth-order valence-corrected chi connectivity index (χ4v) is 2.32. The molecule has 0 bridgehead atoms. The number of hydrogen-bond acceptors (Lipinski definition) is 2. The number of benzene rings is 1. The van der Waals surface area contributed by atoms with Gasteiger partial charge >= 0.3 is 6.03 Å². The average molecular weight is 259 g/mol. The molecule has 0 atom stereocenters. The van der Waals surface area contributed by atoms with E-state index in [9.17, 15) is 10.0 Å². The molecule has 4 heteroatoms. The highest BCUT2D eigenvalue weighted by Crippen LogP contribution is 2.34. The second-order valence-electron chi connectivity index (χ2n) is 5.37. The summed E-state index contributed by atoms with van der Waals surface area (Å²) in [4.78, 5) is 11.9. The van der Waals surface area contributed by atoms with Crippen molar-refractivity contribution in [1.82, 2.24) is 0 Å². The molecular weight excluding hydrogens is 240 g/mol. The van der Waals surface area contributed by atoms with E-state index in [1.807, 2.05) is 18.2 Å². The van der Waals surface area contributed by atoms with E-state index in [-0.39, 0.29) is 11.8 Å². The molecule has 4 nitrogen and oxygen atoms in total. The Morgan fingerprint density at radius 2 is 1.53 bits per heavy atom. The van der Waals surface area contributed by atoms with Gasteiger partial charge < -0.3 is 5.21 Å². The Labute approximate surface area is 113 Å². The molecule has 19 heavy (non-hydrogen) atoms. The fourth-order valence-electron chi connectivity index (χ4n) is 2.32. The standard InChI is InChI=1S/C15H19N2O2/c1-10(2)12-6-5-7-13(11(3)4)14(12)16-8-9-17(19)15(16)18/h5-11H,1-4H3/q+1. The van der Waals surface area contributed by atoms with Gasteiger partial charge in [-0.25, -0.2) is 0 Å². The van der Waals surface area contributed by atoms with E-state index >= 15 is 0 Å². The Bertz CT molecular complexity index is 558. The van der Waals surface area contributed by atoms with Crippen LogP contribution in [-0.2, 0) is 0 Å². The van der Waals surface area contributed by atoms with Crippen LogP contribution in [0.5, 0.6) is 0 Å². The first-order chi connectivity index (χ1) is 8.93. The maximum atomic E-state index is 11.9. The fraction of sp³-hybridized carbons (Fsp3) is 0.400. The molecule has 1 aromatic carbocycles. The Morgan fingerprint density at radius 1 is 1.00 bits per heavy atom. The molecule has 0 radical (unpaired) electrons. The van der Waals surface area contributed by atoms with Crippen LogP contribution in [0.2, 0.25) is 0 Å². The number of rotatable bonds is 3. The molecule has 0 fully saturated rings. The molecule has 1 heterocycles. The van der Waals surface area contributed by atoms with E-state index < -0.39 is 6.03 Å². The number of carbonyl (C=O) groups excluding carboxylic acids is 1. The normalized spacial score (nSPS) is 15.2. The number of nitrogens with zero attached hydrogens (tertiary/aromatic N) is 2. The monoisotopic (exact) mass is 259 g/mol. The summed E-state index contributed by atoms with van der Waals surface area (Å²) in [5, 5.41) is 11.4. The second-order valence-corrected chi connectivity index (χ2v) is 5.37. The van der Waals surface area contributed by atoms with Crippen molar-refractivity contribution in [2.45, 2.75) is 39.5 Å². The Morgan fingerprint density at radius 3 is 1.89 bits per heavy atom. The lowest BCUT2D eigenvalue weighted by atomic mass is 9.92. The molecule has 0 aromatic heterocycles. The quantitative estimate of drug-likeness (QED) is 0.617. The lowest BCUT2D eigenvalue weighted by molar-refractivity contribution is -0.474. The highest BCUT2D eigenvalue weighted by molar-refractivity contribution is 6.15. The van der Waals surface area contributed by atoms with Crippen LogP contribution in [0.3, 0.4) is 0 Å². The molecule has 2 rings (SSSR count). The predicted octanol–water partition coefficient (Wildman–Crippen LogP) is 3.36. The van der Waals surface area contributed by atoms with E-state index in [4.69, 9.17) is 0 Å². The van der Waals surface area contributed by atoms with Crippen molar-refractivity contribution in [2.75, 3.05) is 0 Å². The summed E-state index contributed by atoms with van der Waals surface area (Å²) >= 11 is 0. The van der Waals surface area contributed by atoms with Gasteiger partial charge in [0, 0.05) is 11.1 Å². The van der Waals surface area contributed by atoms with Crippen molar-refractivity contribution in [3.63, 3.8) is 0 Å². The molecule has 100 valence electrons. The average Bonchev–Trinajstić information content (AvgIpc) is 2.68. The zero-order valence-corrected chi connectivity index (χ0v) is 11.8. The molecule has 0 saturated heterocycles. The first-order valence-corrected chi connectivity index (χ1v) is 6.54. The third kappa shape index (κ3) is 2.30. The molecule has 0 unspecified atom stereocenters. The van der Waals surface area contributed by atoms with E-state index in [1.165, 1.54) is 10.8 Å². The van der Waals surface area contributed by atoms with Gasteiger partial charge in [0.05, 0.1) is 0 Å². The van der Waals surface area contributed by atoms with Crippen LogP contribution in [0.1, 0.15) is 50.7 Å². The number of carbonyl (C=O) groups is 1. The summed E-state index contributed by atoms with van der Waals surface area (Å²) in [7, 11) is 0. The van der Waals surface area contributed by atoms with Crippen molar-refractivity contribution >= 4 is 24.1 Å². The van der Waals surface area contributed by atoms with Gasteiger partial charge in [-0.2, -0.15) is 0 Å². The summed E-state index contributed by atoms with van der Waals surface area (Å²) in [6, 6.07) is 5.49. The lowest BCUT2D eigenvalue weighted by Crippen LogP contribution is -2.20. The largest absolute Gasteiger partial charge is 0.689 e. The molecule has 1 aromatic rings. The number of hydroxylamine groups is 1. The van der Waals surface area contributed by atoms with E-state index in [2.05, 4.69) is 27.7 Å². The van der Waals surface area contributed by atoms with Crippen LogP contribution in [0.25, 0.3) is 0 Å². The SMILES string of the molecule is CC(C)c1cccc(C(C)C)c1[N+]1=CC=[N+]([O-])C1=O. The van der Waals surface area contributed by atoms with E-state index in [0.717, 1.165) is 16.8 Å². The van der Waals surface area contributed by atoms with Crippen LogP contribution >= 0.6 is 0 Å². The summed E-state index contributed by atoms with van der Waals surface area (Å²) in [5.74, 6) is 0.575. The van der Waals surface area contributed by atoms with Crippen molar-refractivity contribution in [3.8, 4) is 0 Å². The predicted molar refractivity (Wildman–Crippen MR) is 75.7 cm³/mol. The molecule has 2 amide bonds. The van der Waals surface area contributed by atoms with E-state index in [0.29, 0.717) is 4.74 Å². The molecule has 0 spiro atoms. The highest BCUT2D eigenvalue weighted by atomic mass is 16.5. The van der Waals surface area contributed by atoms with Gasteiger partial charge in [0.25, 0.3) is 12.4 Å². The van der Waals surface area contributed by atoms with Crippen molar-refractivity contribution < 1.29 is 14.1 Å². The van der Waals surface area contributed by atoms with Crippen molar-refractivity contribution in [3.05, 3.63) is 34.5 Å². The van der Waals surface area contributed by atoms with Gasteiger partial charge in [-0.3, -0.25) is 0 Å². The van der Waals surface area contributed by atoms with Gasteiger partial charge in [-0.15, -0.1) is 4.79 Å². The highest BCUT2D eigenvalue weighted by Gasteiger charge is 2.38. The van der Waals surface area contributed by atoms with Crippen LogP contribution in [-0.4, -0.2) is 27.8 Å². The van der Waals surface area contributed by atoms with Crippen LogP contribution in [0, 0.1) is 5.21 Å². The smallest absolute Gasteiger partial charge is 0.611 e. The maximum Gasteiger partial charge on any atom is 0.689 e. The topological polar surface area (TPSA) is 46.1 Å². The summed E-state index contributed by atoms with van der Waals surface area (Å²) in [6.45, 7) is 8.34. The molecule has 0 aliphatic carbocycles. The minimum absolute atomic E-state index is 0.288. The Kier molecular flexibility index (Phi) is 3.51. The molecule has 1 aliphatic rings. The third-order valence-electron chi connectivity index (χ3n) is 3.33. The summed E-state index contributed by atoms with van der Waals surface area (Å²) < 4.78 is 1.82. The van der Waals surface area contributed by atoms with Crippen molar-refractivity contribution in [2.24, 2.45) is 0 Å². The van der Waals surface area contributed by atoms with Crippen LogP contribution < -0.4 is 0 Å². The summed E-state index contributed by atoms with van der Waals surface area (Å²) in [5.41, 5.74) is 3.02. The molecule has 0 N–H and O–H groups in total. The number of para-hydroxylation sites is 1. The zero-order chi connectivity index (χ0) is 14.2. The third-order valence-corrected chi connectivity index (χ3v) is 3.33. The molecule has 0 saturated carbocycles. The van der Waals surface area contributed by atoms with Gasteiger partial charge in [0.2, 0.25) is 5.69 Å². The number of urea groups is 1. The van der Waals surface area contributed by atoms with Gasteiger partial charge in [0.1, 0.15) is 0 Å². The molecule has 1 aliphatic heterocycles. The number of amides is 2. The Balaban J connectivity index is 2.64. The van der Waals surface area contributed by atoms with Crippen LogP contribution in [0.15, 0.2) is 18.2 Å². The minimum atomic E-state index is -0.546. The first kappa shape index (κ1) is 13.5. The van der Waals surface area contributed by atoms with Gasteiger partial charge in [-0.05, 0) is 11.8 Å². The lowest BCUT2D eigenvalue weighted by Gasteiger charge is -2.13. The Hall–Kier alpha value is -1.97. The van der Waals surface area contributed by atoms with Crippen LogP contribution in [0.4, 0.5) is 10.5 Å². The van der Waals surface area contributed by atoms with Gasteiger partial charge in [-0.1, -0.05) is 55.2 Å². The zero-order valence-electron chi connectivity index (χ0n) is 11.8. The minimum Gasteiger partial charge on any atom is -0.611 e. The van der Waals surface area contributed by atoms with E-state index in [1.54, 1.807) is 6.21 Å².